The number of aryl methyl sites for hydroxylation is 2. The van der Waals surface area contributed by atoms with Crippen LogP contribution in [0.4, 0.5) is 13.2 Å². The molecule has 2 aromatic carbocycles. The van der Waals surface area contributed by atoms with Crippen molar-refractivity contribution in [3.63, 3.8) is 0 Å². The summed E-state index contributed by atoms with van der Waals surface area (Å²) >= 11 is 12.4. The molecule has 1 unspecified atom stereocenters. The van der Waals surface area contributed by atoms with E-state index >= 15 is 0 Å². The zero-order valence-electron chi connectivity index (χ0n) is 21.0. The molecule has 0 radical (unpaired) electrons. The minimum absolute atomic E-state index is 0.143. The number of aromatic nitrogens is 2. The number of halogens is 5. The molecule has 1 aliphatic rings. The molecular weight excluding hydrogens is 544 g/mol. The highest BCUT2D eigenvalue weighted by molar-refractivity contribution is 6.42. The predicted molar refractivity (Wildman–Crippen MR) is 137 cm³/mol. The van der Waals surface area contributed by atoms with E-state index in [0.29, 0.717) is 10.0 Å². The second-order valence-electron chi connectivity index (χ2n) is 9.18. The van der Waals surface area contributed by atoms with Gasteiger partial charge in [0.1, 0.15) is 5.75 Å². The van der Waals surface area contributed by atoms with Crippen molar-refractivity contribution < 1.29 is 27.5 Å². The maximum absolute atomic E-state index is 13.6. The normalized spacial score (nSPS) is 17.6. The summed E-state index contributed by atoms with van der Waals surface area (Å²) in [5.41, 5.74) is 0.602. The lowest BCUT2D eigenvalue weighted by Gasteiger charge is -2.29. The van der Waals surface area contributed by atoms with Crippen LogP contribution in [0.1, 0.15) is 43.6 Å². The first-order chi connectivity index (χ1) is 17.8. The number of hydrogen-bond acceptors (Lipinski definition) is 4. The molecule has 0 bridgehead atoms. The molecule has 7 nitrogen and oxygen atoms in total. The van der Waals surface area contributed by atoms with E-state index in [1.807, 2.05) is 6.92 Å². The van der Waals surface area contributed by atoms with E-state index in [-0.39, 0.29) is 41.9 Å². The molecule has 1 aromatic heterocycles. The molecular formula is C26H25Cl2F3N4O3. The number of carbonyl (C=O) groups is 2. The van der Waals surface area contributed by atoms with Crippen LogP contribution >= 0.6 is 23.2 Å². The van der Waals surface area contributed by atoms with Gasteiger partial charge in [-0.05, 0) is 48.9 Å². The van der Waals surface area contributed by atoms with Crippen molar-refractivity contribution >= 4 is 35.0 Å². The van der Waals surface area contributed by atoms with Crippen LogP contribution in [0, 0.1) is 6.92 Å². The third-order valence-electron chi connectivity index (χ3n) is 6.85. The third-order valence-corrected chi connectivity index (χ3v) is 7.59. The Bertz CT molecular complexity index is 1370. The van der Waals surface area contributed by atoms with Gasteiger partial charge in [-0.15, -0.1) is 0 Å². The van der Waals surface area contributed by atoms with Gasteiger partial charge in [0.2, 0.25) is 0 Å². The van der Waals surface area contributed by atoms with Crippen molar-refractivity contribution in [3.05, 3.63) is 80.6 Å². The van der Waals surface area contributed by atoms with E-state index in [2.05, 4.69) is 5.10 Å². The number of hydrogen-bond donors (Lipinski definition) is 0. The van der Waals surface area contributed by atoms with Gasteiger partial charge in [-0.3, -0.25) is 14.3 Å². The molecule has 38 heavy (non-hydrogen) atoms. The Morgan fingerprint density at radius 2 is 1.79 bits per heavy atom. The molecule has 0 saturated carbocycles. The number of alkyl halides is 3. The lowest BCUT2D eigenvalue weighted by atomic mass is 9.93. The van der Waals surface area contributed by atoms with Crippen LogP contribution in [0.2, 0.25) is 10.0 Å². The zero-order chi connectivity index (χ0) is 27.9. The van der Waals surface area contributed by atoms with Crippen LogP contribution in [0.15, 0.2) is 42.5 Å². The maximum Gasteiger partial charge on any atom is 0.419 e. The minimum Gasteiger partial charge on any atom is -0.496 e. The average Bonchev–Trinajstić information content (AvgIpc) is 3.47. The first-order valence-electron chi connectivity index (χ1n) is 11.6. The number of carbonyl (C=O) groups excluding carboxylic acids is 2. The van der Waals surface area contributed by atoms with Crippen molar-refractivity contribution in [2.24, 2.45) is 7.05 Å². The Kier molecular flexibility index (Phi) is 7.67. The quantitative estimate of drug-likeness (QED) is 0.411. The summed E-state index contributed by atoms with van der Waals surface area (Å²) in [6, 6.07) is 9.36. The van der Waals surface area contributed by atoms with Gasteiger partial charge in [0.05, 0.1) is 28.8 Å². The van der Waals surface area contributed by atoms with Crippen molar-refractivity contribution in [2.45, 2.75) is 25.1 Å². The van der Waals surface area contributed by atoms with Gasteiger partial charge in [-0.1, -0.05) is 29.3 Å². The number of ether oxygens (including phenoxy) is 1. The Balaban J connectivity index is 1.69. The molecule has 4 rings (SSSR count). The highest BCUT2D eigenvalue weighted by Crippen LogP contribution is 2.38. The highest BCUT2D eigenvalue weighted by atomic mass is 35.5. The molecule has 0 aliphatic carbocycles. The second-order valence-corrected chi connectivity index (χ2v) is 10.00. The molecule has 3 aromatic rings. The van der Waals surface area contributed by atoms with E-state index < -0.39 is 23.7 Å². The highest BCUT2D eigenvalue weighted by Gasteiger charge is 2.42. The summed E-state index contributed by atoms with van der Waals surface area (Å²) in [4.78, 5) is 29.7. The van der Waals surface area contributed by atoms with Crippen molar-refractivity contribution in [1.82, 2.24) is 19.6 Å². The number of likely N-dealkylation sites (N-methyl/N-ethyl adjacent to an activating group) is 1. The molecule has 12 heteroatoms. The minimum atomic E-state index is -4.71. The lowest BCUT2D eigenvalue weighted by Crippen LogP contribution is -2.42. The first kappa shape index (κ1) is 27.8. The van der Waals surface area contributed by atoms with E-state index in [1.165, 1.54) is 18.0 Å². The van der Waals surface area contributed by atoms with Gasteiger partial charge in [0, 0.05) is 44.4 Å². The number of likely N-dealkylation sites (tertiary alicyclic amines) is 1. The number of benzene rings is 2. The summed E-state index contributed by atoms with van der Waals surface area (Å²) in [6.45, 7) is 2.21. The average molecular weight is 569 g/mol. The smallest absolute Gasteiger partial charge is 0.419 e. The van der Waals surface area contributed by atoms with Gasteiger partial charge < -0.3 is 14.5 Å². The van der Waals surface area contributed by atoms with Crippen LogP contribution in [-0.2, 0) is 13.2 Å². The fraction of sp³-hybridized carbons (Fsp3) is 0.346. The second kappa shape index (κ2) is 10.5. The molecule has 1 fully saturated rings. The van der Waals surface area contributed by atoms with Crippen molar-refractivity contribution in [1.29, 1.82) is 0 Å². The van der Waals surface area contributed by atoms with Gasteiger partial charge >= 0.3 is 6.18 Å². The lowest BCUT2D eigenvalue weighted by molar-refractivity contribution is -0.138. The van der Waals surface area contributed by atoms with Crippen LogP contribution in [0.3, 0.4) is 0 Å². The van der Waals surface area contributed by atoms with E-state index in [4.69, 9.17) is 27.9 Å². The summed E-state index contributed by atoms with van der Waals surface area (Å²) in [6.07, 6.45) is -4.71. The standard InChI is InChI=1S/C26H25Cl2F3N4O3/c1-14-9-21(32-34(14)3)25(37)35-12-17(15-5-7-19(27)20(28)11-15)22(13-35)33(2)24(36)16-6-8-23(38-4)18(10-16)26(29,30)31/h5-11,17,22H,12-13H2,1-4H3/t17?,22-/m1/s1. The molecule has 1 aliphatic heterocycles. The summed E-state index contributed by atoms with van der Waals surface area (Å²) < 4.78 is 47.2. The van der Waals surface area contributed by atoms with Crippen LogP contribution in [-0.4, -0.2) is 64.7 Å². The SMILES string of the molecule is COc1ccc(C(=O)N(C)[C@@H]2CN(C(=O)c3cc(C)n(C)n3)CC2c2ccc(Cl)c(Cl)c2)cc1C(F)(F)F. The van der Waals surface area contributed by atoms with E-state index in [9.17, 15) is 22.8 Å². The van der Waals surface area contributed by atoms with Crippen LogP contribution < -0.4 is 4.74 Å². The first-order valence-corrected chi connectivity index (χ1v) is 12.3. The molecule has 2 atom stereocenters. The van der Waals surface area contributed by atoms with E-state index in [0.717, 1.165) is 30.5 Å². The van der Waals surface area contributed by atoms with Gasteiger partial charge in [0.15, 0.2) is 5.69 Å². The Hall–Kier alpha value is -3.24. The van der Waals surface area contributed by atoms with Crippen LogP contribution in [0.5, 0.6) is 5.75 Å². The molecule has 2 amide bonds. The molecule has 0 spiro atoms. The largest absolute Gasteiger partial charge is 0.496 e. The molecule has 0 N–H and O–H groups in total. The summed E-state index contributed by atoms with van der Waals surface area (Å²) in [5.74, 6) is -1.71. The maximum atomic E-state index is 13.6. The summed E-state index contributed by atoms with van der Waals surface area (Å²) in [7, 11) is 4.37. The van der Waals surface area contributed by atoms with Crippen LogP contribution in [0.25, 0.3) is 0 Å². The monoisotopic (exact) mass is 568 g/mol. The number of amides is 2. The topological polar surface area (TPSA) is 67.7 Å². The fourth-order valence-corrected chi connectivity index (χ4v) is 4.97. The number of nitrogens with zero attached hydrogens (tertiary/aromatic N) is 4. The summed E-state index contributed by atoms with van der Waals surface area (Å²) in [5, 5.41) is 4.93. The van der Waals surface area contributed by atoms with E-state index in [1.54, 1.807) is 40.9 Å². The fourth-order valence-electron chi connectivity index (χ4n) is 4.66. The van der Waals surface area contributed by atoms with Crippen molar-refractivity contribution in [3.8, 4) is 5.75 Å². The molecule has 202 valence electrons. The van der Waals surface area contributed by atoms with Crippen molar-refractivity contribution in [2.75, 3.05) is 27.2 Å². The van der Waals surface area contributed by atoms with Gasteiger partial charge in [-0.25, -0.2) is 0 Å². The Morgan fingerprint density at radius 3 is 2.37 bits per heavy atom. The Morgan fingerprint density at radius 1 is 1.08 bits per heavy atom. The molecule has 2 heterocycles. The van der Waals surface area contributed by atoms with Gasteiger partial charge in [-0.2, -0.15) is 18.3 Å². The third kappa shape index (κ3) is 5.33. The number of methoxy groups -OCH3 is 1. The predicted octanol–water partition coefficient (Wildman–Crippen LogP) is 5.44. The Labute approximate surface area is 227 Å². The number of rotatable bonds is 5. The zero-order valence-corrected chi connectivity index (χ0v) is 22.5. The molecule has 1 saturated heterocycles. The van der Waals surface area contributed by atoms with Gasteiger partial charge in [0.25, 0.3) is 11.8 Å².